The van der Waals surface area contributed by atoms with Crippen LogP contribution in [0, 0.1) is 17.8 Å². The number of esters is 2. The van der Waals surface area contributed by atoms with Gasteiger partial charge in [-0.15, -0.1) is 0 Å². The number of ether oxygens (including phenoxy) is 4. The van der Waals surface area contributed by atoms with E-state index in [1.165, 1.54) is 20.3 Å². The maximum absolute atomic E-state index is 12.7. The molecule has 188 valence electrons. The van der Waals surface area contributed by atoms with Crippen molar-refractivity contribution in [2.24, 2.45) is 10.8 Å². The lowest BCUT2D eigenvalue weighted by atomic mass is 9.97. The third-order valence-corrected chi connectivity index (χ3v) is 5.00. The topological polar surface area (TPSA) is 88.1 Å². The molecule has 0 unspecified atom stereocenters. The summed E-state index contributed by atoms with van der Waals surface area (Å²) in [6, 6.07) is 8.10. The van der Waals surface area contributed by atoms with Gasteiger partial charge in [-0.25, -0.2) is 0 Å². The Kier molecular flexibility index (Phi) is 8.50. The lowest BCUT2D eigenvalue weighted by molar-refractivity contribution is -0.143. The molecule has 35 heavy (non-hydrogen) atoms. The summed E-state index contributed by atoms with van der Waals surface area (Å²) < 4.78 is 22.0. The van der Waals surface area contributed by atoms with E-state index in [0.717, 1.165) is 0 Å². The zero-order valence-electron chi connectivity index (χ0n) is 21.9. The average molecular weight is 483 g/mol. The molecule has 0 saturated heterocycles. The van der Waals surface area contributed by atoms with E-state index in [1.807, 2.05) is 0 Å². The number of methoxy groups -OCH3 is 2. The molecule has 0 spiro atoms. The molecule has 0 heterocycles. The van der Waals surface area contributed by atoms with Crippen LogP contribution in [0.2, 0.25) is 0 Å². The van der Waals surface area contributed by atoms with E-state index < -0.39 is 16.8 Å². The van der Waals surface area contributed by atoms with Crippen molar-refractivity contribution in [2.75, 3.05) is 14.2 Å². The Morgan fingerprint density at radius 3 is 1.74 bits per heavy atom. The Morgan fingerprint density at radius 2 is 1.26 bits per heavy atom. The Bertz CT molecular complexity index is 1130. The highest BCUT2D eigenvalue weighted by atomic mass is 16.6. The van der Waals surface area contributed by atoms with Gasteiger partial charge in [0, 0.05) is 11.1 Å². The number of hydrogen-bond donors (Lipinski definition) is 0. The summed E-state index contributed by atoms with van der Waals surface area (Å²) in [6.45, 7) is 12.4. The van der Waals surface area contributed by atoms with Crippen LogP contribution in [0.4, 0.5) is 0 Å². The van der Waals surface area contributed by atoms with Gasteiger partial charge < -0.3 is 18.9 Å². The molecule has 0 N–H and O–H groups in total. The molecule has 0 aliphatic heterocycles. The maximum atomic E-state index is 12.7. The smallest absolute Gasteiger partial charge is 0.316 e. The van der Waals surface area contributed by atoms with Crippen LogP contribution in [-0.2, 0) is 9.59 Å². The van der Waals surface area contributed by atoms with Crippen LogP contribution in [0.25, 0.3) is 6.08 Å². The van der Waals surface area contributed by atoms with Gasteiger partial charge in [-0.1, -0.05) is 0 Å². The van der Waals surface area contributed by atoms with Gasteiger partial charge in [-0.2, -0.15) is 0 Å². The van der Waals surface area contributed by atoms with Crippen LogP contribution in [0.5, 0.6) is 23.0 Å². The maximum Gasteiger partial charge on any atom is 0.316 e. The van der Waals surface area contributed by atoms with Crippen molar-refractivity contribution in [3.63, 3.8) is 0 Å². The van der Waals surface area contributed by atoms with Gasteiger partial charge in [0.2, 0.25) is 5.75 Å². The van der Waals surface area contributed by atoms with Crippen molar-refractivity contribution in [3.05, 3.63) is 53.1 Å². The van der Waals surface area contributed by atoms with Gasteiger partial charge in [-0.3, -0.25) is 14.4 Å². The van der Waals surface area contributed by atoms with Crippen LogP contribution in [0.3, 0.4) is 0 Å². The zero-order valence-corrected chi connectivity index (χ0v) is 21.9. The first kappa shape index (κ1) is 27.6. The molecule has 0 bridgehead atoms. The number of ketones is 1. The second kappa shape index (κ2) is 10.8. The quantitative estimate of drug-likeness (QED) is 0.213. The van der Waals surface area contributed by atoms with E-state index in [0.29, 0.717) is 28.2 Å². The first-order chi connectivity index (χ1) is 16.2. The van der Waals surface area contributed by atoms with Crippen molar-refractivity contribution in [1.29, 1.82) is 0 Å². The second-order valence-corrected chi connectivity index (χ2v) is 10.2. The van der Waals surface area contributed by atoms with E-state index in [1.54, 1.807) is 84.9 Å². The third-order valence-electron chi connectivity index (χ3n) is 5.00. The fourth-order valence-electron chi connectivity index (χ4n) is 2.88. The van der Waals surface area contributed by atoms with E-state index in [-0.39, 0.29) is 23.3 Å². The molecule has 0 aromatic heterocycles. The van der Waals surface area contributed by atoms with E-state index in [9.17, 15) is 14.4 Å². The molecule has 2 aromatic carbocycles. The van der Waals surface area contributed by atoms with Crippen molar-refractivity contribution >= 4 is 23.8 Å². The van der Waals surface area contributed by atoms with Crippen LogP contribution in [0.15, 0.2) is 36.4 Å². The van der Waals surface area contributed by atoms with E-state index in [4.69, 9.17) is 18.9 Å². The summed E-state index contributed by atoms with van der Waals surface area (Å²) in [5, 5.41) is 0. The Balaban J connectivity index is 2.30. The van der Waals surface area contributed by atoms with Crippen LogP contribution in [-0.4, -0.2) is 31.9 Å². The van der Waals surface area contributed by atoms with Gasteiger partial charge in [0.1, 0.15) is 5.75 Å². The summed E-state index contributed by atoms with van der Waals surface area (Å²) in [5.74, 6) is 0.229. The molecular formula is C28H34O7. The molecule has 0 fully saturated rings. The summed E-state index contributed by atoms with van der Waals surface area (Å²) in [5.41, 5.74) is 0.334. The number of aryl methyl sites for hydroxylation is 1. The van der Waals surface area contributed by atoms with E-state index >= 15 is 0 Å². The Hall–Kier alpha value is -3.61. The first-order valence-electron chi connectivity index (χ1n) is 11.2. The normalized spacial score (nSPS) is 11.8. The number of benzene rings is 2. The largest absolute Gasteiger partial charge is 0.492 e. The molecule has 2 aromatic rings. The van der Waals surface area contributed by atoms with Crippen molar-refractivity contribution in [1.82, 2.24) is 0 Å². The minimum atomic E-state index is -0.698. The fraction of sp³-hybridized carbons (Fsp3) is 0.393. The molecule has 0 amide bonds. The molecule has 7 heteroatoms. The predicted molar refractivity (Wildman–Crippen MR) is 134 cm³/mol. The predicted octanol–water partition coefficient (Wildman–Crippen LogP) is 5.81. The standard InChI is InChI=1S/C28H34O7/c1-17-16-19(23(32-8)24(33-9)22(17)35-26(31)28(5,6)7)12-15-21(29)18-10-13-20(14-11-18)34-25(30)27(2,3)4/h10-16H,1-9H3. The number of carbonyl (C=O) groups is 3. The van der Waals surface area contributed by atoms with Crippen LogP contribution >= 0.6 is 0 Å². The second-order valence-electron chi connectivity index (χ2n) is 10.2. The summed E-state index contributed by atoms with van der Waals surface area (Å²) in [7, 11) is 2.93. The highest BCUT2D eigenvalue weighted by Crippen LogP contribution is 2.44. The van der Waals surface area contributed by atoms with Gasteiger partial charge >= 0.3 is 11.9 Å². The number of carbonyl (C=O) groups excluding carboxylic acids is 3. The van der Waals surface area contributed by atoms with Crippen molar-refractivity contribution in [2.45, 2.75) is 48.5 Å². The fourth-order valence-corrected chi connectivity index (χ4v) is 2.88. The first-order valence-corrected chi connectivity index (χ1v) is 11.2. The highest BCUT2D eigenvalue weighted by molar-refractivity contribution is 6.07. The molecule has 0 atom stereocenters. The molecular weight excluding hydrogens is 448 g/mol. The van der Waals surface area contributed by atoms with Crippen LogP contribution < -0.4 is 18.9 Å². The number of hydrogen-bond acceptors (Lipinski definition) is 7. The molecule has 2 rings (SSSR count). The van der Waals surface area contributed by atoms with Gasteiger partial charge in [-0.05, 0) is 96.5 Å². The lowest BCUT2D eigenvalue weighted by Crippen LogP contribution is -2.26. The lowest BCUT2D eigenvalue weighted by Gasteiger charge is -2.21. The van der Waals surface area contributed by atoms with Gasteiger partial charge in [0.15, 0.2) is 17.3 Å². The van der Waals surface area contributed by atoms with E-state index in [2.05, 4.69) is 0 Å². The van der Waals surface area contributed by atoms with Crippen LogP contribution in [0.1, 0.15) is 63.0 Å². The van der Waals surface area contributed by atoms with Crippen molar-refractivity contribution in [3.8, 4) is 23.0 Å². The third kappa shape index (κ3) is 6.94. The summed E-state index contributed by atoms with van der Waals surface area (Å²) in [6.07, 6.45) is 3.02. The Morgan fingerprint density at radius 1 is 0.743 bits per heavy atom. The minimum Gasteiger partial charge on any atom is -0.492 e. The molecule has 7 nitrogen and oxygen atoms in total. The SMILES string of the molecule is COc1c(C=CC(=O)c2ccc(OC(=O)C(C)(C)C)cc2)cc(C)c(OC(=O)C(C)(C)C)c1OC. The van der Waals surface area contributed by atoms with Gasteiger partial charge in [0.05, 0.1) is 25.0 Å². The molecule has 0 aliphatic rings. The summed E-state index contributed by atoms with van der Waals surface area (Å²) in [4.78, 5) is 37.2. The number of rotatable bonds is 7. The average Bonchev–Trinajstić information content (AvgIpc) is 2.77. The molecule has 0 radical (unpaired) electrons. The monoisotopic (exact) mass is 482 g/mol. The van der Waals surface area contributed by atoms with Gasteiger partial charge in [0.25, 0.3) is 0 Å². The summed E-state index contributed by atoms with van der Waals surface area (Å²) >= 11 is 0. The zero-order chi connectivity index (χ0) is 26.6. The Labute approximate surface area is 207 Å². The molecule has 0 saturated carbocycles. The molecule has 0 aliphatic carbocycles. The number of allylic oxidation sites excluding steroid dienone is 1. The van der Waals surface area contributed by atoms with Crippen molar-refractivity contribution < 1.29 is 33.3 Å². The highest BCUT2D eigenvalue weighted by Gasteiger charge is 2.28. The minimum absolute atomic E-state index is 0.249.